The van der Waals surface area contributed by atoms with Crippen LogP contribution in [0.1, 0.15) is 24.8 Å². The Bertz CT molecular complexity index is 408. The SMILES string of the molecule is COc1ccc(OC)c(CNCCCCC(F)(F)F)c1. The first-order valence-electron chi connectivity index (χ1n) is 6.44. The van der Waals surface area contributed by atoms with Crippen LogP contribution in [-0.4, -0.2) is 26.9 Å². The van der Waals surface area contributed by atoms with Gasteiger partial charge in [-0.3, -0.25) is 0 Å². The molecule has 1 aromatic carbocycles. The minimum Gasteiger partial charge on any atom is -0.497 e. The Balaban J connectivity index is 2.34. The van der Waals surface area contributed by atoms with E-state index in [9.17, 15) is 13.2 Å². The monoisotopic (exact) mass is 291 g/mol. The molecule has 1 rings (SSSR count). The molecule has 0 saturated carbocycles. The molecular formula is C14H20F3NO2. The Kier molecular flexibility index (Phi) is 6.64. The highest BCUT2D eigenvalue weighted by Crippen LogP contribution is 2.24. The molecule has 0 fully saturated rings. The minimum atomic E-state index is -4.06. The quantitative estimate of drug-likeness (QED) is 0.743. The summed E-state index contributed by atoms with van der Waals surface area (Å²) in [5.41, 5.74) is 0.919. The van der Waals surface area contributed by atoms with E-state index in [1.165, 1.54) is 0 Å². The van der Waals surface area contributed by atoms with E-state index in [4.69, 9.17) is 9.47 Å². The number of benzene rings is 1. The van der Waals surface area contributed by atoms with Crippen LogP contribution in [0.3, 0.4) is 0 Å². The average Bonchev–Trinajstić information content (AvgIpc) is 2.41. The van der Waals surface area contributed by atoms with Crippen molar-refractivity contribution < 1.29 is 22.6 Å². The summed E-state index contributed by atoms with van der Waals surface area (Å²) < 4.78 is 46.2. The van der Waals surface area contributed by atoms with E-state index in [-0.39, 0.29) is 6.42 Å². The average molecular weight is 291 g/mol. The largest absolute Gasteiger partial charge is 0.497 e. The van der Waals surface area contributed by atoms with Crippen LogP contribution in [0.2, 0.25) is 0 Å². The number of rotatable bonds is 8. The molecule has 0 aromatic heterocycles. The summed E-state index contributed by atoms with van der Waals surface area (Å²) in [5.74, 6) is 1.45. The van der Waals surface area contributed by atoms with E-state index in [1.54, 1.807) is 26.4 Å². The number of nitrogens with one attached hydrogen (secondary N) is 1. The third kappa shape index (κ3) is 6.14. The second-order valence-electron chi connectivity index (χ2n) is 4.43. The number of alkyl halides is 3. The summed E-state index contributed by atoms with van der Waals surface area (Å²) in [5, 5.41) is 3.11. The van der Waals surface area contributed by atoms with Gasteiger partial charge in [0.15, 0.2) is 0 Å². The second kappa shape index (κ2) is 7.99. The van der Waals surface area contributed by atoms with E-state index in [2.05, 4.69) is 5.32 Å². The standard InChI is InChI=1S/C14H20F3NO2/c1-19-12-5-6-13(20-2)11(9-12)10-18-8-4-3-7-14(15,16)17/h5-6,9,18H,3-4,7-8,10H2,1-2H3. The van der Waals surface area contributed by atoms with Crippen molar-refractivity contribution in [2.75, 3.05) is 20.8 Å². The number of halogens is 3. The first-order valence-corrected chi connectivity index (χ1v) is 6.44. The molecular weight excluding hydrogens is 271 g/mol. The molecule has 0 aliphatic carbocycles. The van der Waals surface area contributed by atoms with Crippen LogP contribution in [0.15, 0.2) is 18.2 Å². The molecule has 1 aromatic rings. The van der Waals surface area contributed by atoms with Crippen LogP contribution >= 0.6 is 0 Å². The molecule has 0 saturated heterocycles. The Morgan fingerprint density at radius 3 is 2.45 bits per heavy atom. The molecule has 20 heavy (non-hydrogen) atoms. The molecule has 0 spiro atoms. The number of methoxy groups -OCH3 is 2. The molecule has 3 nitrogen and oxygen atoms in total. The first-order chi connectivity index (χ1) is 9.46. The lowest BCUT2D eigenvalue weighted by atomic mass is 10.1. The maximum Gasteiger partial charge on any atom is 0.389 e. The van der Waals surface area contributed by atoms with Crippen LogP contribution in [0.5, 0.6) is 11.5 Å². The molecule has 0 amide bonds. The van der Waals surface area contributed by atoms with Crippen LogP contribution in [0.4, 0.5) is 13.2 Å². The summed E-state index contributed by atoms with van der Waals surface area (Å²) in [6, 6.07) is 5.45. The number of unbranched alkanes of at least 4 members (excludes halogenated alkanes) is 1. The predicted molar refractivity (Wildman–Crippen MR) is 71.2 cm³/mol. The smallest absolute Gasteiger partial charge is 0.389 e. The highest BCUT2D eigenvalue weighted by molar-refractivity contribution is 5.40. The van der Waals surface area contributed by atoms with Crippen molar-refractivity contribution in [3.63, 3.8) is 0 Å². The van der Waals surface area contributed by atoms with Gasteiger partial charge < -0.3 is 14.8 Å². The lowest BCUT2D eigenvalue weighted by Gasteiger charge is -2.11. The van der Waals surface area contributed by atoms with Crippen LogP contribution in [-0.2, 0) is 6.54 Å². The second-order valence-corrected chi connectivity index (χ2v) is 4.43. The van der Waals surface area contributed by atoms with Crippen LogP contribution in [0, 0.1) is 0 Å². The topological polar surface area (TPSA) is 30.5 Å². The summed E-state index contributed by atoms with van der Waals surface area (Å²) in [4.78, 5) is 0. The van der Waals surface area contributed by atoms with Gasteiger partial charge in [-0.25, -0.2) is 0 Å². The molecule has 1 N–H and O–H groups in total. The molecule has 0 bridgehead atoms. The molecule has 6 heteroatoms. The Morgan fingerprint density at radius 2 is 1.85 bits per heavy atom. The molecule has 0 aliphatic rings. The zero-order valence-electron chi connectivity index (χ0n) is 11.7. The van der Waals surface area contributed by atoms with Gasteiger partial charge in [-0.15, -0.1) is 0 Å². The van der Waals surface area contributed by atoms with E-state index in [0.717, 1.165) is 17.1 Å². The summed E-state index contributed by atoms with van der Waals surface area (Å²) in [7, 11) is 3.16. The lowest BCUT2D eigenvalue weighted by molar-refractivity contribution is -0.135. The van der Waals surface area contributed by atoms with E-state index in [1.807, 2.05) is 6.07 Å². The molecule has 114 valence electrons. The van der Waals surface area contributed by atoms with Crippen molar-refractivity contribution >= 4 is 0 Å². The third-order valence-electron chi connectivity index (χ3n) is 2.87. The fourth-order valence-corrected chi connectivity index (χ4v) is 1.82. The normalized spacial score (nSPS) is 11.4. The highest BCUT2D eigenvalue weighted by atomic mass is 19.4. The van der Waals surface area contributed by atoms with E-state index >= 15 is 0 Å². The number of hydrogen-bond donors (Lipinski definition) is 1. The Labute approximate surface area is 117 Å². The molecule has 0 heterocycles. The van der Waals surface area contributed by atoms with Gasteiger partial charge in [0.2, 0.25) is 0 Å². The molecule has 0 atom stereocenters. The van der Waals surface area contributed by atoms with Gasteiger partial charge in [-0.05, 0) is 37.6 Å². The van der Waals surface area contributed by atoms with Crippen molar-refractivity contribution in [3.05, 3.63) is 23.8 Å². The molecule has 0 aliphatic heterocycles. The Morgan fingerprint density at radius 1 is 1.10 bits per heavy atom. The van der Waals surface area contributed by atoms with Gasteiger partial charge in [-0.2, -0.15) is 13.2 Å². The third-order valence-corrected chi connectivity index (χ3v) is 2.87. The first kappa shape index (κ1) is 16.6. The summed E-state index contributed by atoms with van der Waals surface area (Å²) in [6.45, 7) is 1.07. The molecule has 0 unspecified atom stereocenters. The maximum absolute atomic E-state index is 12.0. The van der Waals surface area contributed by atoms with Gasteiger partial charge in [0.1, 0.15) is 11.5 Å². The minimum absolute atomic E-state index is 0.145. The number of hydrogen-bond acceptors (Lipinski definition) is 3. The predicted octanol–water partition coefficient (Wildman–Crippen LogP) is 3.53. The number of ether oxygens (including phenoxy) is 2. The van der Waals surface area contributed by atoms with Crippen molar-refractivity contribution in [3.8, 4) is 11.5 Å². The van der Waals surface area contributed by atoms with Crippen LogP contribution in [0.25, 0.3) is 0 Å². The van der Waals surface area contributed by atoms with Crippen LogP contribution < -0.4 is 14.8 Å². The van der Waals surface area contributed by atoms with Gasteiger partial charge in [0.25, 0.3) is 0 Å². The van der Waals surface area contributed by atoms with E-state index in [0.29, 0.717) is 19.5 Å². The fraction of sp³-hybridized carbons (Fsp3) is 0.571. The van der Waals surface area contributed by atoms with Crippen molar-refractivity contribution in [1.82, 2.24) is 5.32 Å². The van der Waals surface area contributed by atoms with Gasteiger partial charge in [0.05, 0.1) is 14.2 Å². The Hall–Kier alpha value is -1.43. The van der Waals surface area contributed by atoms with Gasteiger partial charge >= 0.3 is 6.18 Å². The van der Waals surface area contributed by atoms with Crippen molar-refractivity contribution in [2.45, 2.75) is 32.0 Å². The lowest BCUT2D eigenvalue weighted by Crippen LogP contribution is -2.16. The summed E-state index contributed by atoms with van der Waals surface area (Å²) in [6.07, 6.45) is -4.15. The van der Waals surface area contributed by atoms with E-state index < -0.39 is 12.6 Å². The van der Waals surface area contributed by atoms with Gasteiger partial charge in [0, 0.05) is 18.5 Å². The summed E-state index contributed by atoms with van der Waals surface area (Å²) >= 11 is 0. The zero-order valence-corrected chi connectivity index (χ0v) is 11.7. The fourth-order valence-electron chi connectivity index (χ4n) is 1.82. The van der Waals surface area contributed by atoms with Gasteiger partial charge in [-0.1, -0.05) is 0 Å². The maximum atomic E-state index is 12.0. The van der Waals surface area contributed by atoms with Crippen molar-refractivity contribution in [1.29, 1.82) is 0 Å². The van der Waals surface area contributed by atoms with Crippen molar-refractivity contribution in [2.24, 2.45) is 0 Å². The highest BCUT2D eigenvalue weighted by Gasteiger charge is 2.25. The zero-order chi connectivity index (χ0) is 15.0. The molecule has 0 radical (unpaired) electrons.